The number of carbonyl (C=O) groups is 1. The molecule has 1 saturated carbocycles. The summed E-state index contributed by atoms with van der Waals surface area (Å²) in [7, 11) is 0. The van der Waals surface area contributed by atoms with Crippen LogP contribution >= 0.6 is 0 Å². The number of nitrogens with zero attached hydrogens (tertiary/aromatic N) is 4. The Labute approximate surface area is 140 Å². The summed E-state index contributed by atoms with van der Waals surface area (Å²) in [5, 5.41) is 6.56. The van der Waals surface area contributed by atoms with E-state index in [-0.39, 0.29) is 6.03 Å². The summed E-state index contributed by atoms with van der Waals surface area (Å²) < 4.78 is 25.8. The van der Waals surface area contributed by atoms with Crippen molar-refractivity contribution in [2.24, 2.45) is 0 Å². The van der Waals surface area contributed by atoms with Gasteiger partial charge in [0.05, 0.1) is 11.9 Å². The Balaban J connectivity index is 1.45. The van der Waals surface area contributed by atoms with Crippen LogP contribution in [0.3, 0.4) is 0 Å². The van der Waals surface area contributed by atoms with E-state index in [1.807, 2.05) is 0 Å². The van der Waals surface area contributed by atoms with Gasteiger partial charge < -0.3 is 10.2 Å². The first-order chi connectivity index (χ1) is 11.6. The fourth-order valence-electron chi connectivity index (χ4n) is 3.61. The highest BCUT2D eigenvalue weighted by molar-refractivity contribution is 5.89. The van der Waals surface area contributed by atoms with Crippen molar-refractivity contribution in [1.82, 2.24) is 19.6 Å². The van der Waals surface area contributed by atoms with Crippen LogP contribution < -0.4 is 5.32 Å². The maximum atomic E-state index is 12.3. The highest BCUT2D eigenvalue weighted by Gasteiger charge is 2.27. The van der Waals surface area contributed by atoms with Crippen molar-refractivity contribution in [3.8, 4) is 0 Å². The largest absolute Gasteiger partial charge is 0.322 e. The highest BCUT2D eigenvalue weighted by Crippen LogP contribution is 2.23. The van der Waals surface area contributed by atoms with Gasteiger partial charge >= 0.3 is 6.03 Å². The van der Waals surface area contributed by atoms with Crippen molar-refractivity contribution in [2.45, 2.75) is 51.1 Å². The summed E-state index contributed by atoms with van der Waals surface area (Å²) >= 11 is 0. The number of rotatable bonds is 4. The van der Waals surface area contributed by atoms with Crippen LogP contribution in [0.1, 0.15) is 32.1 Å². The van der Waals surface area contributed by atoms with E-state index in [1.165, 1.54) is 44.5 Å². The third-order valence-corrected chi connectivity index (χ3v) is 4.90. The summed E-state index contributed by atoms with van der Waals surface area (Å²) in [5.41, 5.74) is 0.454. The summed E-state index contributed by atoms with van der Waals surface area (Å²) in [5.74, 6) is 0. The lowest BCUT2D eigenvalue weighted by Gasteiger charge is -2.40. The topological polar surface area (TPSA) is 53.4 Å². The van der Waals surface area contributed by atoms with E-state index in [0.29, 0.717) is 24.8 Å². The van der Waals surface area contributed by atoms with Crippen LogP contribution in [-0.4, -0.2) is 64.3 Å². The quantitative estimate of drug-likeness (QED) is 0.916. The number of amides is 2. The van der Waals surface area contributed by atoms with Gasteiger partial charge in [0.15, 0.2) is 0 Å². The molecule has 0 unspecified atom stereocenters. The number of halogens is 2. The lowest BCUT2D eigenvalue weighted by Crippen LogP contribution is -2.53. The minimum atomic E-state index is -2.46. The number of alkyl halides is 2. The normalized spacial score (nSPS) is 20.5. The number of hydrogen-bond acceptors (Lipinski definition) is 3. The third kappa shape index (κ3) is 4.43. The van der Waals surface area contributed by atoms with Gasteiger partial charge in [-0.2, -0.15) is 5.10 Å². The van der Waals surface area contributed by atoms with Crippen LogP contribution in [0.25, 0.3) is 0 Å². The fourth-order valence-corrected chi connectivity index (χ4v) is 3.61. The maximum absolute atomic E-state index is 12.3. The van der Waals surface area contributed by atoms with Crippen molar-refractivity contribution in [3.63, 3.8) is 0 Å². The van der Waals surface area contributed by atoms with E-state index < -0.39 is 13.0 Å². The van der Waals surface area contributed by atoms with Gasteiger partial charge in [0, 0.05) is 38.4 Å². The fraction of sp³-hybridized carbons (Fsp3) is 0.750. The Hall–Kier alpha value is -1.70. The monoisotopic (exact) mass is 341 g/mol. The van der Waals surface area contributed by atoms with Crippen LogP contribution in [0, 0.1) is 0 Å². The van der Waals surface area contributed by atoms with Gasteiger partial charge in [-0.25, -0.2) is 13.6 Å². The number of aromatic nitrogens is 2. The molecule has 0 spiro atoms. The third-order valence-electron chi connectivity index (χ3n) is 4.90. The van der Waals surface area contributed by atoms with Crippen LogP contribution in [0.5, 0.6) is 0 Å². The first kappa shape index (κ1) is 17.1. The van der Waals surface area contributed by atoms with Gasteiger partial charge in [0.1, 0.15) is 6.54 Å². The minimum absolute atomic E-state index is 0.185. The Kier molecular flexibility index (Phi) is 5.65. The van der Waals surface area contributed by atoms with Crippen molar-refractivity contribution < 1.29 is 13.6 Å². The van der Waals surface area contributed by atoms with Crippen molar-refractivity contribution >= 4 is 11.7 Å². The van der Waals surface area contributed by atoms with E-state index in [1.54, 1.807) is 4.90 Å². The van der Waals surface area contributed by atoms with Gasteiger partial charge in [-0.3, -0.25) is 9.58 Å². The molecule has 8 heteroatoms. The Morgan fingerprint density at radius 3 is 2.58 bits per heavy atom. The zero-order valence-corrected chi connectivity index (χ0v) is 13.8. The molecule has 2 aliphatic rings. The van der Waals surface area contributed by atoms with Gasteiger partial charge in [-0.1, -0.05) is 19.3 Å². The predicted molar refractivity (Wildman–Crippen MR) is 87.3 cm³/mol. The predicted octanol–water partition coefficient (Wildman–Crippen LogP) is 2.63. The zero-order chi connectivity index (χ0) is 16.9. The summed E-state index contributed by atoms with van der Waals surface area (Å²) in [6.07, 6.45) is 6.90. The molecule has 0 aromatic carbocycles. The number of anilines is 1. The van der Waals surface area contributed by atoms with E-state index >= 15 is 0 Å². The van der Waals surface area contributed by atoms with E-state index in [0.717, 1.165) is 17.8 Å². The first-order valence-electron chi connectivity index (χ1n) is 8.72. The molecule has 0 atom stereocenters. The van der Waals surface area contributed by atoms with E-state index in [4.69, 9.17) is 0 Å². The molecule has 1 aliphatic carbocycles. The van der Waals surface area contributed by atoms with Gasteiger partial charge in [-0.05, 0) is 12.8 Å². The number of piperazine rings is 1. The molecule has 134 valence electrons. The minimum Gasteiger partial charge on any atom is -0.322 e. The SMILES string of the molecule is O=C(Nc1cnn(CC(F)F)c1)N1CCN(C2CCCCC2)CC1. The molecule has 3 rings (SSSR count). The Bertz CT molecular complexity index is 536. The molecule has 2 fully saturated rings. The van der Waals surface area contributed by atoms with Crippen molar-refractivity contribution in [2.75, 3.05) is 31.5 Å². The van der Waals surface area contributed by atoms with Crippen molar-refractivity contribution in [1.29, 1.82) is 0 Å². The smallest absolute Gasteiger partial charge is 0.322 e. The van der Waals surface area contributed by atoms with Crippen LogP contribution in [0.4, 0.5) is 19.3 Å². The molecule has 1 N–H and O–H groups in total. The van der Waals surface area contributed by atoms with E-state index in [9.17, 15) is 13.6 Å². The lowest BCUT2D eigenvalue weighted by molar-refractivity contribution is 0.0943. The number of carbonyl (C=O) groups excluding carboxylic acids is 1. The molecule has 1 aromatic rings. The molecule has 2 amide bonds. The summed E-state index contributed by atoms with van der Waals surface area (Å²) in [4.78, 5) is 16.6. The molecule has 1 aromatic heterocycles. The second-order valence-electron chi connectivity index (χ2n) is 6.59. The van der Waals surface area contributed by atoms with E-state index in [2.05, 4.69) is 15.3 Å². The second kappa shape index (κ2) is 7.92. The standard InChI is InChI=1S/C16H25F2N5O/c17-15(18)12-23-11-13(10-19-23)20-16(24)22-8-6-21(7-9-22)14-4-2-1-3-5-14/h10-11,14-15H,1-9,12H2,(H,20,24). The van der Waals surface area contributed by atoms with Crippen LogP contribution in [0.2, 0.25) is 0 Å². The number of urea groups is 1. The average Bonchev–Trinajstić information content (AvgIpc) is 3.02. The maximum Gasteiger partial charge on any atom is 0.322 e. The Morgan fingerprint density at radius 1 is 1.21 bits per heavy atom. The molecule has 1 aliphatic heterocycles. The lowest BCUT2D eigenvalue weighted by atomic mass is 9.94. The molecule has 24 heavy (non-hydrogen) atoms. The first-order valence-corrected chi connectivity index (χ1v) is 8.72. The molecule has 1 saturated heterocycles. The van der Waals surface area contributed by atoms with Gasteiger partial charge in [0.25, 0.3) is 6.43 Å². The average molecular weight is 341 g/mol. The van der Waals surface area contributed by atoms with Crippen LogP contribution in [0.15, 0.2) is 12.4 Å². The van der Waals surface area contributed by atoms with Gasteiger partial charge in [0.2, 0.25) is 0 Å². The van der Waals surface area contributed by atoms with Crippen molar-refractivity contribution in [3.05, 3.63) is 12.4 Å². The molecule has 0 bridgehead atoms. The summed E-state index contributed by atoms with van der Waals surface area (Å²) in [6.45, 7) is 2.75. The molecule has 0 radical (unpaired) electrons. The number of hydrogen-bond donors (Lipinski definition) is 1. The highest BCUT2D eigenvalue weighted by atomic mass is 19.3. The summed E-state index contributed by atoms with van der Waals surface area (Å²) in [6, 6.07) is 0.492. The molecular formula is C16H25F2N5O. The molecule has 6 nitrogen and oxygen atoms in total. The van der Waals surface area contributed by atoms with Gasteiger partial charge in [-0.15, -0.1) is 0 Å². The Morgan fingerprint density at radius 2 is 1.92 bits per heavy atom. The molecule has 2 heterocycles. The molecular weight excluding hydrogens is 316 g/mol. The zero-order valence-electron chi connectivity index (χ0n) is 13.8. The van der Waals surface area contributed by atoms with Crippen LogP contribution in [-0.2, 0) is 6.54 Å². The number of nitrogens with one attached hydrogen (secondary N) is 1. The second-order valence-corrected chi connectivity index (χ2v) is 6.59.